The van der Waals surface area contributed by atoms with Crippen LogP contribution in [0.1, 0.15) is 286 Å². The summed E-state index contributed by atoms with van der Waals surface area (Å²) in [6.45, 7) is 17.8. The first kappa shape index (κ1) is 125. The maximum absolute atomic E-state index is 15.9. The normalized spacial score (nSPS) is 20.9. The number of amides is 7. The summed E-state index contributed by atoms with van der Waals surface area (Å²) < 4.78 is 97.0. The van der Waals surface area contributed by atoms with Gasteiger partial charge in [-0.1, -0.05) is 152 Å². The number of nitrogens with zero attached hydrogens (tertiary/aromatic N) is 2. The van der Waals surface area contributed by atoms with E-state index in [0.717, 1.165) is 77.0 Å². The van der Waals surface area contributed by atoms with Crippen LogP contribution >= 0.6 is 8.02 Å². The van der Waals surface area contributed by atoms with E-state index in [9.17, 15) is 67.1 Å². The zero-order chi connectivity index (χ0) is 107. The van der Waals surface area contributed by atoms with E-state index in [1.54, 1.807) is 57.2 Å². The molecule has 146 heavy (non-hydrogen) atoms. The topological polar surface area (TPSA) is 470 Å². The van der Waals surface area contributed by atoms with Crippen LogP contribution in [0.4, 0.5) is 0 Å². The maximum Gasteiger partial charge on any atom is 0.307 e. The molecule has 0 radical (unpaired) electrons. The summed E-state index contributed by atoms with van der Waals surface area (Å²) in [5.41, 5.74) is 0.397. The third-order valence-electron chi connectivity index (χ3n) is 25.6. The Balaban J connectivity index is 1.17. The summed E-state index contributed by atoms with van der Waals surface area (Å²) in [5, 5.41) is 11.7. The fraction of sp³-hybridized carbons (Fsp3) is 0.686. The molecular formula is C105H159N7O31PS2-. The standard InChI is InChI=1S/C105H159N7O31PS2/c1-69-95(107-72(4)113)102(141-87(65-133-75(7)116)98(69)137-78(10)119)130-62-37-24-18-15-21-30-43-84(122)44-33-34-58-111(93(125)46-32-23-17-20-26-39-64-132-104-97(109-74(6)115)71(3)100(139-80(12)121)89(143-104)67-135-77(9)118)59-35-36-60-112(61-40-57-106-91(123)45-31-22-16-19-25-38-63-131-103-96(108-73(5)114)70(2)99(138-79(11)120)88(142-103)66-134-76(8)117)101(127)90(140-94(126)56-55-92(124)110-146(144)145)68-136-105(81-41-28-27-29-42-81,82-47-51-85(128-13)52-48-82)83-49-53-86(129-14)54-50-83/h27-29,41-42,47-54,69-71,87-90,95-100,102-104,144H,15-26,30-40,43-46,55-68H2,1-14H3,(H,106,123)(H,107,113)(H,108,114)(H,109,115)(H,110,124,145)/q-1/t69-,70-,71-,87?,88?,89?,90?,95?,96?,97?,98-,99-,100-,102-,103-,104-/m1/s1. The molecule has 818 valence electrons. The summed E-state index contributed by atoms with van der Waals surface area (Å²) in [4.78, 5) is 198. The lowest BCUT2D eigenvalue weighted by molar-refractivity contribution is -0.262. The number of unbranched alkanes of at least 4 members (excludes halogenated alkanes) is 17. The first-order chi connectivity index (χ1) is 69.8. The number of carbonyl (C=O) groups excluding carboxylic acids is 15. The van der Waals surface area contributed by atoms with Crippen molar-refractivity contribution in [2.45, 2.75) is 355 Å². The van der Waals surface area contributed by atoms with Gasteiger partial charge in [0.25, 0.3) is 5.91 Å². The van der Waals surface area contributed by atoms with E-state index >= 15 is 4.79 Å². The summed E-state index contributed by atoms with van der Waals surface area (Å²) in [6, 6.07) is 21.9. The van der Waals surface area contributed by atoms with Crippen molar-refractivity contribution in [2.24, 2.45) is 17.8 Å². The average Bonchev–Trinajstić information content (AvgIpc) is 0.760. The lowest BCUT2D eigenvalue weighted by atomic mass is 9.80. The van der Waals surface area contributed by atoms with Gasteiger partial charge in [0.15, 0.2) is 18.9 Å². The molecule has 38 nitrogen and oxygen atoms in total. The molecule has 41 heteroatoms. The van der Waals surface area contributed by atoms with Crippen molar-refractivity contribution in [1.82, 2.24) is 35.8 Å². The van der Waals surface area contributed by atoms with Gasteiger partial charge >= 0.3 is 41.8 Å². The van der Waals surface area contributed by atoms with E-state index < -0.39 is 179 Å². The summed E-state index contributed by atoms with van der Waals surface area (Å²) in [7, 11) is 5.23. The van der Waals surface area contributed by atoms with Crippen LogP contribution in [0.15, 0.2) is 78.9 Å². The molecule has 7 amide bonds. The number of carbonyl (C=O) groups is 15. The maximum atomic E-state index is 15.9. The van der Waals surface area contributed by atoms with E-state index in [4.69, 9.17) is 87.0 Å². The number of esters is 7. The van der Waals surface area contributed by atoms with E-state index in [2.05, 4.69) is 34.0 Å². The van der Waals surface area contributed by atoms with Crippen LogP contribution in [-0.2, 0) is 164 Å². The number of ether oxygens (including phenoxy) is 16. The Morgan fingerprint density at radius 1 is 0.404 bits per heavy atom. The zero-order valence-corrected chi connectivity index (χ0v) is 90.2. The van der Waals surface area contributed by atoms with Gasteiger partial charge in [0, 0.05) is 165 Å². The van der Waals surface area contributed by atoms with E-state index in [-0.39, 0.29) is 114 Å². The van der Waals surface area contributed by atoms with Crippen molar-refractivity contribution in [2.75, 3.05) is 93.2 Å². The molecule has 3 aliphatic rings. The lowest BCUT2D eigenvalue weighted by Gasteiger charge is -2.44. The van der Waals surface area contributed by atoms with Gasteiger partial charge in [0.2, 0.25) is 41.5 Å². The van der Waals surface area contributed by atoms with Gasteiger partial charge in [-0.25, -0.2) is 11.2 Å². The monoisotopic (exact) mass is 2110 g/mol. The Hall–Kier alpha value is -9.90. The average molecular weight is 2110 g/mol. The van der Waals surface area contributed by atoms with Crippen molar-refractivity contribution < 1.29 is 148 Å². The number of rotatable bonds is 70. The molecule has 5 N–H and O–H groups in total. The molecule has 0 aromatic heterocycles. The molecule has 3 aromatic carbocycles. The van der Waals surface area contributed by atoms with Crippen molar-refractivity contribution >= 4 is 117 Å². The number of hydrogen-bond donors (Lipinski definition) is 5. The highest BCUT2D eigenvalue weighted by Crippen LogP contribution is 2.43. The molecule has 6 rings (SSSR count). The minimum absolute atomic E-state index is 0.0626. The minimum atomic E-state index is -1.64. The number of hydrogen-bond acceptors (Lipinski definition) is 33. The fourth-order valence-corrected chi connectivity index (χ4v) is 19.1. The van der Waals surface area contributed by atoms with Crippen LogP contribution in [-0.4, -0.2) is 272 Å². The van der Waals surface area contributed by atoms with Crippen LogP contribution < -0.4 is 35.5 Å². The first-order valence-electron chi connectivity index (χ1n) is 51.3. The predicted octanol–water partition coefficient (Wildman–Crippen LogP) is 11.9. The molecule has 3 fully saturated rings. The number of Topliss-reactive ketones (excluding diaryl/α,β-unsaturated/α-hetero) is 1. The molecule has 7 unspecified atom stereocenters. The van der Waals surface area contributed by atoms with E-state index in [1.807, 2.05) is 66.4 Å². The first-order valence-corrected chi connectivity index (χ1v) is 54.7. The minimum Gasteiger partial charge on any atom is -0.497 e. The van der Waals surface area contributed by atoms with E-state index in [0.29, 0.717) is 125 Å². The highest BCUT2D eigenvalue weighted by Gasteiger charge is 2.51. The lowest BCUT2D eigenvalue weighted by Crippen LogP contribution is -2.62. The van der Waals surface area contributed by atoms with Crippen LogP contribution in [0.3, 0.4) is 0 Å². The van der Waals surface area contributed by atoms with Crippen molar-refractivity contribution in [3.63, 3.8) is 0 Å². The second-order valence-corrected chi connectivity index (χ2v) is 41.3. The largest absolute Gasteiger partial charge is 0.497 e. The fourth-order valence-electron chi connectivity index (χ4n) is 18.2. The number of nitrogens with one attached hydrogen (secondary N) is 5. The Labute approximate surface area is 868 Å². The third-order valence-corrected chi connectivity index (χ3v) is 26.5. The molecule has 0 spiro atoms. The number of ketones is 1. The van der Waals surface area contributed by atoms with Gasteiger partial charge in [0.1, 0.15) is 79.3 Å². The highest BCUT2D eigenvalue weighted by molar-refractivity contribution is 8.38. The Bertz CT molecular complexity index is 4570. The smallest absolute Gasteiger partial charge is 0.307 e. The molecule has 3 aliphatic heterocycles. The van der Waals surface area contributed by atoms with Crippen LogP contribution in [0.5, 0.6) is 11.5 Å². The van der Waals surface area contributed by atoms with Gasteiger partial charge in [-0.2, -0.15) is 0 Å². The quantitative estimate of drug-likeness (QED) is 0.00875. The molecule has 3 aromatic rings. The van der Waals surface area contributed by atoms with Crippen LogP contribution in [0.2, 0.25) is 0 Å². The summed E-state index contributed by atoms with van der Waals surface area (Å²) in [6.07, 6.45) is 6.62. The Morgan fingerprint density at radius 2 is 0.753 bits per heavy atom. The number of benzene rings is 3. The van der Waals surface area contributed by atoms with Gasteiger partial charge < -0.3 is 112 Å². The Kier molecular flexibility index (Phi) is 58.7. The Morgan fingerprint density at radius 3 is 1.13 bits per heavy atom. The van der Waals surface area contributed by atoms with Gasteiger partial charge in [0.05, 0.1) is 45.4 Å². The molecule has 3 heterocycles. The molecule has 0 saturated carbocycles. The highest BCUT2D eigenvalue weighted by atomic mass is 32.9. The third kappa shape index (κ3) is 46.1. The van der Waals surface area contributed by atoms with E-state index in [1.165, 1.54) is 62.3 Å². The van der Waals surface area contributed by atoms with Crippen molar-refractivity contribution in [3.8, 4) is 11.5 Å². The summed E-state index contributed by atoms with van der Waals surface area (Å²) >= 11 is 5.16. The molecule has 0 bridgehead atoms. The van der Waals surface area contributed by atoms with Crippen molar-refractivity contribution in [3.05, 3.63) is 95.6 Å². The summed E-state index contributed by atoms with van der Waals surface area (Å²) in [5.74, 6) is -6.76. The second-order valence-electron chi connectivity index (χ2n) is 37.4. The van der Waals surface area contributed by atoms with Crippen LogP contribution in [0.25, 0.3) is 0 Å². The second kappa shape index (κ2) is 68.7. The van der Waals surface area contributed by atoms with Gasteiger partial charge in [-0.05, 0) is 112 Å². The molecule has 16 atom stereocenters. The van der Waals surface area contributed by atoms with Crippen LogP contribution in [0, 0.1) is 17.8 Å². The van der Waals surface area contributed by atoms with Gasteiger partial charge in [-0.15, -0.1) is 0 Å². The van der Waals surface area contributed by atoms with Crippen molar-refractivity contribution in [1.29, 1.82) is 0 Å². The number of methoxy groups -OCH3 is 2. The SMILES string of the molecule is COc1ccc(C(OCC(OC(=O)CCC(=O)N[S-](=P)=S)C(=O)N(CCCCN(CCCCC(=O)CCCCCCCCO[C@@H]2OC(COC(C)=O)[C@H](OC(C)=O)[C@H](C)C2NC(C)=O)C(=O)CCCCCCCCO[C@@H]2OC(COC(C)=O)[C@H](OC(C)=O)[C@H](C)C2NC(C)=O)CCCNC(=O)CCCCCCCCO[C@@H]2OC(COC(C)=O)[C@H](OC(C)=O)[C@H](C)C2NC(C)=O)(c2ccccc2)c2ccc(OC)cc2)cc1. The molecule has 0 aliphatic carbocycles. The molecule has 3 saturated heterocycles. The molecular weight excluding hydrogens is 1950 g/mol. The van der Waals surface area contributed by atoms with Gasteiger partial charge in [-0.3, -0.25) is 88.8 Å². The zero-order valence-electron chi connectivity index (χ0n) is 87.6. The predicted molar refractivity (Wildman–Crippen MR) is 545 cm³/mol.